The van der Waals surface area contributed by atoms with Crippen molar-refractivity contribution in [2.75, 3.05) is 24.6 Å². The smallest absolute Gasteiger partial charge is 0.339 e. The van der Waals surface area contributed by atoms with Gasteiger partial charge in [-0.15, -0.1) is 0 Å². The summed E-state index contributed by atoms with van der Waals surface area (Å²) in [5, 5.41) is 18.5. The molecule has 1 saturated heterocycles. The van der Waals surface area contributed by atoms with E-state index in [-0.39, 0.29) is 30.4 Å². The Labute approximate surface area is 142 Å². The van der Waals surface area contributed by atoms with Gasteiger partial charge in [-0.2, -0.15) is 0 Å². The van der Waals surface area contributed by atoms with Crippen LogP contribution in [0.5, 0.6) is 0 Å². The molecule has 1 aliphatic heterocycles. The van der Waals surface area contributed by atoms with Crippen molar-refractivity contribution in [3.8, 4) is 11.3 Å². The first-order valence-corrected chi connectivity index (χ1v) is 7.55. The summed E-state index contributed by atoms with van der Waals surface area (Å²) < 4.78 is 18.2. The second-order valence-electron chi connectivity index (χ2n) is 5.52. The van der Waals surface area contributed by atoms with Crippen LogP contribution in [0.25, 0.3) is 11.3 Å². The Kier molecular flexibility index (Phi) is 4.62. The third-order valence-corrected chi connectivity index (χ3v) is 3.89. The topological polar surface area (TPSA) is 100.0 Å². The summed E-state index contributed by atoms with van der Waals surface area (Å²) in [6.07, 6.45) is -1.05. The average Bonchev–Trinajstić information content (AvgIpc) is 2.62. The zero-order chi connectivity index (χ0) is 18.0. The lowest BCUT2D eigenvalue weighted by atomic mass is 10.1. The van der Waals surface area contributed by atoms with Crippen molar-refractivity contribution in [1.29, 1.82) is 0 Å². The van der Waals surface area contributed by atoms with Crippen LogP contribution in [-0.4, -0.2) is 52.9 Å². The molecule has 8 heteroatoms. The number of ether oxygens (including phenoxy) is 1. The summed E-state index contributed by atoms with van der Waals surface area (Å²) in [6, 6.07) is 8.61. The van der Waals surface area contributed by atoms with E-state index in [1.807, 2.05) is 0 Å². The molecule has 7 nitrogen and oxygen atoms in total. The van der Waals surface area contributed by atoms with Gasteiger partial charge in [-0.1, -0.05) is 0 Å². The molecule has 2 heterocycles. The molecule has 1 aromatic heterocycles. The fraction of sp³-hybridized carbons (Fsp3) is 0.235. The van der Waals surface area contributed by atoms with Crippen molar-refractivity contribution in [1.82, 2.24) is 4.98 Å². The summed E-state index contributed by atoms with van der Waals surface area (Å²) in [4.78, 5) is 28.6. The fourth-order valence-electron chi connectivity index (χ4n) is 2.63. The minimum Gasteiger partial charge on any atom is -0.479 e. The molecule has 1 aliphatic rings. The molecule has 1 aromatic carbocycles. The van der Waals surface area contributed by atoms with Crippen molar-refractivity contribution in [3.05, 3.63) is 47.8 Å². The molecule has 25 heavy (non-hydrogen) atoms. The fourth-order valence-corrected chi connectivity index (χ4v) is 2.63. The molecule has 0 radical (unpaired) electrons. The van der Waals surface area contributed by atoms with Crippen LogP contribution in [0, 0.1) is 5.82 Å². The zero-order valence-corrected chi connectivity index (χ0v) is 13.1. The number of halogens is 1. The van der Waals surface area contributed by atoms with E-state index in [1.165, 1.54) is 24.3 Å². The highest BCUT2D eigenvalue weighted by atomic mass is 19.1. The van der Waals surface area contributed by atoms with E-state index < -0.39 is 18.0 Å². The number of rotatable bonds is 4. The molecular formula is C17H15FN2O5. The number of carboxylic acids is 2. The monoisotopic (exact) mass is 346 g/mol. The van der Waals surface area contributed by atoms with Gasteiger partial charge in [0.15, 0.2) is 6.10 Å². The highest BCUT2D eigenvalue weighted by Crippen LogP contribution is 2.26. The molecule has 0 aliphatic carbocycles. The van der Waals surface area contributed by atoms with Gasteiger partial charge in [-0.05, 0) is 36.4 Å². The third kappa shape index (κ3) is 3.58. The number of carbonyl (C=O) groups is 2. The summed E-state index contributed by atoms with van der Waals surface area (Å²) in [5.41, 5.74) is 1.07. The van der Waals surface area contributed by atoms with E-state index in [1.54, 1.807) is 17.0 Å². The summed E-state index contributed by atoms with van der Waals surface area (Å²) in [6.45, 7) is 0.470. The Morgan fingerprint density at radius 3 is 2.52 bits per heavy atom. The van der Waals surface area contributed by atoms with E-state index in [4.69, 9.17) is 9.84 Å². The van der Waals surface area contributed by atoms with Crippen LogP contribution in [0.2, 0.25) is 0 Å². The van der Waals surface area contributed by atoms with Crippen molar-refractivity contribution in [3.63, 3.8) is 0 Å². The lowest BCUT2D eigenvalue weighted by molar-refractivity contribution is -0.150. The number of pyridine rings is 1. The molecule has 2 aromatic rings. The van der Waals surface area contributed by atoms with Gasteiger partial charge in [-0.3, -0.25) is 0 Å². The van der Waals surface area contributed by atoms with E-state index in [0.29, 0.717) is 17.8 Å². The van der Waals surface area contributed by atoms with Crippen LogP contribution in [0.15, 0.2) is 36.4 Å². The van der Waals surface area contributed by atoms with Crippen LogP contribution in [0.3, 0.4) is 0 Å². The number of aromatic nitrogens is 1. The molecule has 0 saturated carbocycles. The molecule has 0 spiro atoms. The second-order valence-corrected chi connectivity index (χ2v) is 5.52. The van der Waals surface area contributed by atoms with Crippen molar-refractivity contribution >= 4 is 17.8 Å². The van der Waals surface area contributed by atoms with Gasteiger partial charge in [0, 0.05) is 12.1 Å². The maximum Gasteiger partial charge on any atom is 0.339 e. The number of hydrogen-bond donors (Lipinski definition) is 2. The highest BCUT2D eigenvalue weighted by molar-refractivity contribution is 5.94. The lowest BCUT2D eigenvalue weighted by Crippen LogP contribution is -2.47. The molecule has 0 bridgehead atoms. The molecule has 1 fully saturated rings. The summed E-state index contributed by atoms with van der Waals surface area (Å²) in [5.74, 6) is -2.49. The second kappa shape index (κ2) is 6.86. The highest BCUT2D eigenvalue weighted by Gasteiger charge is 2.29. The minimum atomic E-state index is -1.16. The van der Waals surface area contributed by atoms with E-state index in [9.17, 15) is 19.1 Å². The molecule has 130 valence electrons. The van der Waals surface area contributed by atoms with Crippen molar-refractivity contribution < 1.29 is 28.9 Å². The molecule has 1 atom stereocenters. The Morgan fingerprint density at radius 1 is 1.16 bits per heavy atom. The Balaban J connectivity index is 2.00. The third-order valence-electron chi connectivity index (χ3n) is 3.89. The molecule has 0 amide bonds. The maximum absolute atomic E-state index is 13.1. The first kappa shape index (κ1) is 16.8. The Bertz CT molecular complexity index is 809. The first-order valence-electron chi connectivity index (χ1n) is 7.55. The SMILES string of the molecule is O=C(O)c1ccc(-c2ccc(F)cc2)nc1N1CCO[C@@H](C(=O)O)C1. The molecule has 2 N–H and O–H groups in total. The van der Waals surface area contributed by atoms with Crippen molar-refractivity contribution in [2.24, 2.45) is 0 Å². The van der Waals surface area contributed by atoms with Gasteiger partial charge < -0.3 is 19.8 Å². The van der Waals surface area contributed by atoms with Gasteiger partial charge in [0.05, 0.1) is 18.8 Å². The number of benzene rings is 1. The van der Waals surface area contributed by atoms with Gasteiger partial charge in [-0.25, -0.2) is 19.0 Å². The van der Waals surface area contributed by atoms with E-state index >= 15 is 0 Å². The molecular weight excluding hydrogens is 331 g/mol. The standard InChI is InChI=1S/C17H15FN2O5/c18-11-3-1-10(2-4-11)13-6-5-12(16(21)22)15(19-13)20-7-8-25-14(9-20)17(23)24/h1-6,14H,7-9H2,(H,21,22)(H,23,24)/t14-/m1/s1. The number of hydrogen-bond acceptors (Lipinski definition) is 5. The van der Waals surface area contributed by atoms with E-state index in [0.717, 1.165) is 0 Å². The van der Waals surface area contributed by atoms with Crippen LogP contribution >= 0.6 is 0 Å². The zero-order valence-electron chi connectivity index (χ0n) is 13.1. The van der Waals surface area contributed by atoms with E-state index in [2.05, 4.69) is 4.98 Å². The van der Waals surface area contributed by atoms with Gasteiger partial charge in [0.25, 0.3) is 0 Å². The number of nitrogens with zero attached hydrogens (tertiary/aromatic N) is 2. The average molecular weight is 346 g/mol. The van der Waals surface area contributed by atoms with Crippen LogP contribution in [-0.2, 0) is 9.53 Å². The Morgan fingerprint density at radius 2 is 1.88 bits per heavy atom. The maximum atomic E-state index is 13.1. The van der Waals surface area contributed by atoms with Crippen LogP contribution < -0.4 is 4.90 Å². The van der Waals surface area contributed by atoms with Crippen LogP contribution in [0.4, 0.5) is 10.2 Å². The number of carboxylic acid groups (broad SMARTS) is 2. The van der Waals surface area contributed by atoms with Crippen LogP contribution in [0.1, 0.15) is 10.4 Å². The number of aliphatic carboxylic acids is 1. The van der Waals surface area contributed by atoms with Gasteiger partial charge in [0.2, 0.25) is 0 Å². The summed E-state index contributed by atoms with van der Waals surface area (Å²) >= 11 is 0. The number of morpholine rings is 1. The lowest BCUT2D eigenvalue weighted by Gasteiger charge is -2.32. The number of aromatic carboxylic acids is 1. The summed E-state index contributed by atoms with van der Waals surface area (Å²) in [7, 11) is 0. The normalized spacial score (nSPS) is 17.3. The Hall–Kier alpha value is -3.00. The largest absolute Gasteiger partial charge is 0.479 e. The first-order chi connectivity index (χ1) is 12.0. The predicted octanol–water partition coefficient (Wildman–Crippen LogP) is 1.88. The molecule has 0 unspecified atom stereocenters. The van der Waals surface area contributed by atoms with Gasteiger partial charge >= 0.3 is 11.9 Å². The molecule has 3 rings (SSSR count). The van der Waals surface area contributed by atoms with Gasteiger partial charge in [0.1, 0.15) is 17.2 Å². The van der Waals surface area contributed by atoms with Crippen molar-refractivity contribution in [2.45, 2.75) is 6.10 Å². The minimum absolute atomic E-state index is 0.00448. The number of anilines is 1. The predicted molar refractivity (Wildman–Crippen MR) is 86.2 cm³/mol. The quantitative estimate of drug-likeness (QED) is 0.872.